The zero-order valence-corrected chi connectivity index (χ0v) is 54.0. The van der Waals surface area contributed by atoms with Gasteiger partial charge in [0.15, 0.2) is 5.54 Å². The summed E-state index contributed by atoms with van der Waals surface area (Å²) in [4.78, 5) is 130. The normalized spacial score (nSPS) is 21.5. The number of nitrogens with zero attached hydrogens (tertiary/aromatic N) is 2. The Kier molecular flexibility index (Phi) is 26.5. The van der Waals surface area contributed by atoms with Gasteiger partial charge >= 0.3 is 0 Å². The van der Waals surface area contributed by atoms with E-state index >= 15 is 9.59 Å². The van der Waals surface area contributed by atoms with Crippen LogP contribution in [0.5, 0.6) is 0 Å². The molecular formula is C72H92N12O9. The van der Waals surface area contributed by atoms with Crippen LogP contribution in [-0.2, 0) is 61.8 Å². The average molecular weight is 1270 g/mol. The molecule has 0 unspecified atom stereocenters. The maximum Gasteiger partial charge on any atom is 0.255 e. The lowest BCUT2D eigenvalue weighted by Crippen LogP contribution is -2.63. The summed E-state index contributed by atoms with van der Waals surface area (Å²) < 4.78 is 0. The Morgan fingerprint density at radius 3 is 1.42 bits per heavy atom. The molecule has 10 atom stereocenters. The maximum atomic E-state index is 15.1. The van der Waals surface area contributed by atoms with Gasteiger partial charge in [0.2, 0.25) is 47.3 Å². The van der Waals surface area contributed by atoms with Gasteiger partial charge in [0.05, 0.1) is 12.1 Å². The molecule has 4 aliphatic heterocycles. The van der Waals surface area contributed by atoms with Crippen molar-refractivity contribution in [3.05, 3.63) is 144 Å². The summed E-state index contributed by atoms with van der Waals surface area (Å²) in [5.74, 6) is 7.42. The molecule has 93 heavy (non-hydrogen) atoms. The number of benzene rings is 4. The van der Waals surface area contributed by atoms with Gasteiger partial charge in [-0.3, -0.25) is 43.2 Å². The van der Waals surface area contributed by atoms with Crippen molar-refractivity contribution in [2.75, 3.05) is 40.3 Å². The van der Waals surface area contributed by atoms with Crippen molar-refractivity contribution in [2.45, 2.75) is 171 Å². The predicted molar refractivity (Wildman–Crippen MR) is 354 cm³/mol. The van der Waals surface area contributed by atoms with Gasteiger partial charge < -0.3 is 63.0 Å². The number of carbonyl (C=O) groups excluding carboxylic acids is 9. The van der Waals surface area contributed by atoms with Crippen LogP contribution >= 0.6 is 0 Å². The van der Waals surface area contributed by atoms with Gasteiger partial charge in [0, 0.05) is 88.9 Å². The summed E-state index contributed by atoms with van der Waals surface area (Å²) in [7, 11) is 3.39. The lowest BCUT2D eigenvalue weighted by Gasteiger charge is -2.38. The summed E-state index contributed by atoms with van der Waals surface area (Å²) in [5, 5.41) is 30.6. The fraction of sp³-hybridized carbons (Fsp3) is 0.486. The van der Waals surface area contributed by atoms with Crippen LogP contribution in [0, 0.1) is 35.5 Å². The summed E-state index contributed by atoms with van der Waals surface area (Å²) in [5.41, 5.74) is 1.23. The average Bonchev–Trinajstić information content (AvgIpc) is 1.73. The Morgan fingerprint density at radius 2 is 0.935 bits per heavy atom. The highest BCUT2D eigenvalue weighted by molar-refractivity contribution is 6.00. The number of carbonyl (C=O) groups is 9. The number of rotatable bonds is 29. The van der Waals surface area contributed by atoms with Gasteiger partial charge in [-0.2, -0.15) is 0 Å². The van der Waals surface area contributed by atoms with Gasteiger partial charge in [-0.1, -0.05) is 147 Å². The standard InChI is InChI=1S/C72H92N12O9/c1-5-57(73-3)65(87)80-63-51(47-75-45-49-25-15-11-16-26-49)35-37-56-40-42-60(84(56)69(63)91)68(90)82-72(53-29-19-13-20-30-53,54-31-21-14-22-32-54)71(93)77-44-43-76-61(85)33-23-9-7-8-10-24-34-62(86)78-48-52-36-38-55-39-41-59(67(89)79-46-50-27-17-12-18-28-50)83(55)70(92)64(52)81-66(88)58(6-2)74-4/h11-22,25-32,51-52,55-60,63-64,73-75H,5-6,23-24,33-48H2,1-4H3,(H,76,85)(H,77,93)(H,78,86)(H,79,89)(H,80,87)(H,81,88)(H,82,90)/t51-,52-,55+,56+,57+,58+,59+,60+,63+,64+/m1/s1. The highest BCUT2D eigenvalue weighted by Crippen LogP contribution is 2.38. The summed E-state index contributed by atoms with van der Waals surface area (Å²) in [6, 6.07) is 32.4. The van der Waals surface area contributed by atoms with Crippen LogP contribution < -0.4 is 53.2 Å². The van der Waals surface area contributed by atoms with E-state index in [4.69, 9.17) is 0 Å². The number of likely N-dealkylation sites (N-methyl/N-ethyl adjacent to an activating group) is 2. The third-order valence-electron chi connectivity index (χ3n) is 18.5. The van der Waals surface area contributed by atoms with Crippen molar-refractivity contribution >= 4 is 53.2 Å². The zero-order chi connectivity index (χ0) is 66.1. The first-order chi connectivity index (χ1) is 45.2. The van der Waals surface area contributed by atoms with E-state index in [1.165, 1.54) is 0 Å². The highest BCUT2D eigenvalue weighted by Gasteiger charge is 2.52. The monoisotopic (exact) mass is 1270 g/mol. The van der Waals surface area contributed by atoms with Crippen LogP contribution in [0.3, 0.4) is 0 Å². The molecule has 0 bridgehead atoms. The van der Waals surface area contributed by atoms with Crippen molar-refractivity contribution in [1.82, 2.24) is 63.0 Å². The van der Waals surface area contributed by atoms with Crippen LogP contribution in [-0.4, -0.2) is 152 Å². The minimum Gasteiger partial charge on any atom is -0.356 e. The van der Waals surface area contributed by atoms with Crippen LogP contribution in [0.25, 0.3) is 0 Å². The first kappa shape index (κ1) is 70.0. The molecule has 494 valence electrons. The maximum absolute atomic E-state index is 15.1. The third kappa shape index (κ3) is 18.5. The quantitative estimate of drug-likeness (QED) is 0.0276. The minimum atomic E-state index is -1.77. The lowest BCUT2D eigenvalue weighted by molar-refractivity contribution is -0.145. The predicted octanol–water partition coefficient (Wildman–Crippen LogP) is 3.57. The molecular weight excluding hydrogens is 1180 g/mol. The second-order valence-electron chi connectivity index (χ2n) is 24.4. The van der Waals surface area contributed by atoms with E-state index in [0.717, 1.165) is 11.1 Å². The Hall–Kier alpha value is -8.89. The molecule has 0 radical (unpaired) electrons. The van der Waals surface area contributed by atoms with E-state index in [0.29, 0.717) is 95.0 Å². The number of hydrogen-bond acceptors (Lipinski definition) is 12. The van der Waals surface area contributed by atoms with Crippen LogP contribution in [0.2, 0.25) is 0 Å². The molecule has 8 rings (SSSR count). The Labute approximate surface area is 547 Å². The van der Waals surface area contributed by atoms with Crippen LogP contribution in [0.1, 0.15) is 126 Å². The topological polar surface area (TPSA) is 280 Å². The molecule has 21 heteroatoms. The van der Waals surface area contributed by atoms with Crippen molar-refractivity contribution < 1.29 is 43.2 Å². The summed E-state index contributed by atoms with van der Waals surface area (Å²) in [6.45, 7) is 5.36. The van der Waals surface area contributed by atoms with Gasteiger partial charge in [-0.05, 0) is 112 Å². The molecule has 4 fully saturated rings. The Balaban J connectivity index is 0.828. The SMILES string of the molecule is CC[C@H](NC)C(=O)N[C@@H]1C(=O)N2[C@@H](CC[C@@H]1CNC(=O)CCC#CC#CCCC(=O)NCCNC(=O)C(NC(=O)[C@@H]1CC[C@@H]3CC[C@H](CNCc4ccccc4)[C@H](NC(=O)[C@H](CC)NC)C(=O)N31)(c1ccccc1)c1ccccc1)CC[C@H]2C(=O)NCc1ccccc1. The third-order valence-corrected chi connectivity index (χ3v) is 18.5. The van der Waals surface area contributed by atoms with E-state index in [-0.39, 0.29) is 105 Å². The van der Waals surface area contributed by atoms with E-state index < -0.39 is 59.5 Å². The minimum absolute atomic E-state index is 0.0105. The second-order valence-corrected chi connectivity index (χ2v) is 24.4. The molecule has 4 saturated heterocycles. The molecule has 21 nitrogen and oxygen atoms in total. The number of hydrogen-bond donors (Lipinski definition) is 10. The molecule has 4 aliphatic rings. The van der Waals surface area contributed by atoms with Crippen LogP contribution in [0.4, 0.5) is 0 Å². The fourth-order valence-electron chi connectivity index (χ4n) is 13.4. The smallest absolute Gasteiger partial charge is 0.255 e. The van der Waals surface area contributed by atoms with Gasteiger partial charge in [-0.25, -0.2) is 0 Å². The van der Waals surface area contributed by atoms with Crippen molar-refractivity contribution in [3.8, 4) is 23.7 Å². The van der Waals surface area contributed by atoms with Gasteiger partial charge in [-0.15, -0.1) is 0 Å². The van der Waals surface area contributed by atoms with Gasteiger partial charge in [0.25, 0.3) is 5.91 Å². The lowest BCUT2D eigenvalue weighted by atomic mass is 9.81. The first-order valence-electron chi connectivity index (χ1n) is 33.1. The molecule has 0 aliphatic carbocycles. The Morgan fingerprint density at radius 1 is 0.505 bits per heavy atom. The Bertz CT molecular complexity index is 3270. The van der Waals surface area contributed by atoms with Crippen LogP contribution in [0.15, 0.2) is 121 Å². The fourth-order valence-corrected chi connectivity index (χ4v) is 13.4. The van der Waals surface area contributed by atoms with E-state index in [9.17, 15) is 33.6 Å². The number of fused-ring (bicyclic) bond motifs is 2. The number of amides is 9. The zero-order valence-electron chi connectivity index (χ0n) is 54.0. The number of nitrogens with one attached hydrogen (secondary N) is 10. The molecule has 10 N–H and O–H groups in total. The van der Waals surface area contributed by atoms with Crippen molar-refractivity contribution in [3.63, 3.8) is 0 Å². The molecule has 4 aromatic carbocycles. The molecule has 4 heterocycles. The molecule has 0 saturated carbocycles. The first-order valence-corrected chi connectivity index (χ1v) is 33.1. The highest BCUT2D eigenvalue weighted by atomic mass is 16.2. The molecule has 4 aromatic rings. The van der Waals surface area contributed by atoms with E-state index in [1.54, 1.807) is 72.4 Å². The molecule has 0 spiro atoms. The van der Waals surface area contributed by atoms with E-state index in [2.05, 4.69) is 76.8 Å². The van der Waals surface area contributed by atoms with Crippen molar-refractivity contribution in [2.24, 2.45) is 11.8 Å². The second kappa shape index (κ2) is 35.2. The largest absolute Gasteiger partial charge is 0.356 e. The van der Waals surface area contributed by atoms with Crippen molar-refractivity contribution in [1.29, 1.82) is 0 Å². The van der Waals surface area contributed by atoms with Gasteiger partial charge in [0.1, 0.15) is 24.2 Å². The molecule has 9 amide bonds. The summed E-state index contributed by atoms with van der Waals surface area (Å²) >= 11 is 0. The summed E-state index contributed by atoms with van der Waals surface area (Å²) in [6.07, 6.45) is 6.07. The van der Waals surface area contributed by atoms with E-state index in [1.807, 2.05) is 86.6 Å². The molecule has 0 aromatic heterocycles.